The van der Waals surface area contributed by atoms with Crippen molar-refractivity contribution in [1.29, 1.82) is 0 Å². The standard InChI is InChI=1S/C18H18N2O6/c1-26-15-7-5-12(6-8-15)9-17(21)19-16(11-18(22)23)13-3-2-4-14(10-13)20(24)25/h2-8,10,16H,9,11H2,1H3,(H,19,21)(H,22,23)/p-1/t16-/m0/s1. The van der Waals surface area contributed by atoms with E-state index in [4.69, 9.17) is 4.74 Å². The number of methoxy groups -OCH3 is 1. The smallest absolute Gasteiger partial charge is 0.269 e. The lowest BCUT2D eigenvalue weighted by Crippen LogP contribution is -2.35. The molecule has 0 spiro atoms. The molecule has 0 aromatic heterocycles. The normalized spacial score (nSPS) is 11.4. The van der Waals surface area contributed by atoms with Crippen LogP contribution in [0, 0.1) is 10.1 Å². The first-order valence-corrected chi connectivity index (χ1v) is 7.75. The molecule has 1 N–H and O–H groups in total. The van der Waals surface area contributed by atoms with Crippen molar-refractivity contribution < 1.29 is 24.4 Å². The second kappa shape index (κ2) is 8.61. The number of nitrogens with zero attached hydrogens (tertiary/aromatic N) is 1. The Morgan fingerprint density at radius 1 is 1.19 bits per heavy atom. The van der Waals surface area contributed by atoms with Gasteiger partial charge in [-0.3, -0.25) is 14.9 Å². The molecule has 0 unspecified atom stereocenters. The fourth-order valence-electron chi connectivity index (χ4n) is 2.45. The van der Waals surface area contributed by atoms with Crippen LogP contribution in [0.4, 0.5) is 5.69 Å². The van der Waals surface area contributed by atoms with Crippen LogP contribution < -0.4 is 15.2 Å². The van der Waals surface area contributed by atoms with E-state index in [1.165, 1.54) is 31.4 Å². The maximum absolute atomic E-state index is 12.3. The Kier molecular flexibility index (Phi) is 6.26. The number of nitrogens with one attached hydrogen (secondary N) is 1. The summed E-state index contributed by atoms with van der Waals surface area (Å²) in [5, 5.41) is 24.5. The van der Waals surface area contributed by atoms with Crippen LogP contribution in [0.3, 0.4) is 0 Å². The zero-order chi connectivity index (χ0) is 19.1. The summed E-state index contributed by atoms with van der Waals surface area (Å²) in [6.45, 7) is 0. The fourth-order valence-corrected chi connectivity index (χ4v) is 2.45. The molecule has 1 amide bonds. The maximum Gasteiger partial charge on any atom is 0.269 e. The van der Waals surface area contributed by atoms with E-state index in [1.807, 2.05) is 0 Å². The molecule has 2 aromatic carbocycles. The molecule has 0 aliphatic rings. The molecule has 2 aromatic rings. The molecule has 136 valence electrons. The second-order valence-electron chi connectivity index (χ2n) is 5.57. The third-order valence-corrected chi connectivity index (χ3v) is 3.71. The lowest BCUT2D eigenvalue weighted by molar-refractivity contribution is -0.385. The van der Waals surface area contributed by atoms with Crippen molar-refractivity contribution in [2.45, 2.75) is 18.9 Å². The van der Waals surface area contributed by atoms with E-state index < -0.39 is 29.3 Å². The average Bonchev–Trinajstić information content (AvgIpc) is 2.61. The van der Waals surface area contributed by atoms with Crippen molar-refractivity contribution in [1.82, 2.24) is 5.32 Å². The highest BCUT2D eigenvalue weighted by atomic mass is 16.6. The number of benzene rings is 2. The van der Waals surface area contributed by atoms with Gasteiger partial charge in [0.15, 0.2) is 0 Å². The van der Waals surface area contributed by atoms with Crippen molar-refractivity contribution in [3.05, 3.63) is 69.8 Å². The zero-order valence-electron chi connectivity index (χ0n) is 14.0. The van der Waals surface area contributed by atoms with Crippen LogP contribution in [0.15, 0.2) is 48.5 Å². The molecular weight excluding hydrogens is 340 g/mol. The van der Waals surface area contributed by atoms with Crippen LogP contribution in [0.25, 0.3) is 0 Å². The van der Waals surface area contributed by atoms with Gasteiger partial charge in [0.05, 0.1) is 24.5 Å². The first-order chi connectivity index (χ1) is 12.4. The van der Waals surface area contributed by atoms with Crippen molar-refractivity contribution in [2.24, 2.45) is 0 Å². The summed E-state index contributed by atoms with van der Waals surface area (Å²) in [5.41, 5.74) is 0.858. The Hall–Kier alpha value is -3.42. The van der Waals surface area contributed by atoms with E-state index in [0.717, 1.165) is 5.56 Å². The van der Waals surface area contributed by atoms with Gasteiger partial charge in [0.25, 0.3) is 5.69 Å². The van der Waals surface area contributed by atoms with E-state index in [2.05, 4.69) is 5.32 Å². The quantitative estimate of drug-likeness (QED) is 0.558. The van der Waals surface area contributed by atoms with Crippen LogP contribution in [0.2, 0.25) is 0 Å². The molecule has 2 rings (SSSR count). The molecule has 0 aliphatic heterocycles. The van der Waals surface area contributed by atoms with Gasteiger partial charge in [-0.15, -0.1) is 0 Å². The van der Waals surface area contributed by atoms with E-state index >= 15 is 0 Å². The number of amides is 1. The largest absolute Gasteiger partial charge is 0.550 e. The fraction of sp³-hybridized carbons (Fsp3) is 0.222. The summed E-state index contributed by atoms with van der Waals surface area (Å²) >= 11 is 0. The molecule has 0 saturated carbocycles. The van der Waals surface area contributed by atoms with E-state index in [1.54, 1.807) is 24.3 Å². The van der Waals surface area contributed by atoms with Crippen LogP contribution >= 0.6 is 0 Å². The van der Waals surface area contributed by atoms with Crippen LogP contribution in [0.1, 0.15) is 23.6 Å². The summed E-state index contributed by atoms with van der Waals surface area (Å²) in [6, 6.07) is 11.4. The van der Waals surface area contributed by atoms with E-state index in [9.17, 15) is 24.8 Å². The number of ether oxygens (including phenoxy) is 1. The highest BCUT2D eigenvalue weighted by Gasteiger charge is 2.18. The van der Waals surface area contributed by atoms with Gasteiger partial charge in [0.1, 0.15) is 5.75 Å². The molecule has 1 atom stereocenters. The van der Waals surface area contributed by atoms with Gasteiger partial charge in [-0.25, -0.2) is 0 Å². The monoisotopic (exact) mass is 357 g/mol. The summed E-state index contributed by atoms with van der Waals surface area (Å²) in [6.07, 6.45) is -0.460. The highest BCUT2D eigenvalue weighted by molar-refractivity contribution is 5.80. The highest BCUT2D eigenvalue weighted by Crippen LogP contribution is 2.22. The Balaban J connectivity index is 2.13. The first-order valence-electron chi connectivity index (χ1n) is 7.75. The van der Waals surface area contributed by atoms with E-state index in [0.29, 0.717) is 11.3 Å². The van der Waals surface area contributed by atoms with Gasteiger partial charge in [-0.2, -0.15) is 0 Å². The summed E-state index contributed by atoms with van der Waals surface area (Å²) < 4.78 is 5.04. The number of non-ortho nitro benzene ring substituents is 1. The SMILES string of the molecule is COc1ccc(CC(=O)N[C@@H](CC(=O)[O-])c2cccc([N+](=O)[O-])c2)cc1. The number of carboxylic acids is 1. The van der Waals surface area contributed by atoms with Crippen LogP contribution in [-0.2, 0) is 16.0 Å². The molecular formula is C18H17N2O6-. The number of aliphatic carboxylic acids is 1. The Labute approximate surface area is 149 Å². The number of carbonyl (C=O) groups is 2. The van der Waals surface area contributed by atoms with Crippen molar-refractivity contribution >= 4 is 17.6 Å². The summed E-state index contributed by atoms with van der Waals surface area (Å²) in [5.74, 6) is -1.13. The number of rotatable bonds is 8. The molecule has 0 heterocycles. The molecule has 8 nitrogen and oxygen atoms in total. The third kappa shape index (κ3) is 5.30. The average molecular weight is 357 g/mol. The topological polar surface area (TPSA) is 122 Å². The Morgan fingerprint density at radius 2 is 1.88 bits per heavy atom. The third-order valence-electron chi connectivity index (χ3n) is 3.71. The Bertz CT molecular complexity index is 804. The lowest BCUT2D eigenvalue weighted by Gasteiger charge is -2.20. The predicted octanol–water partition coefficient (Wildman–Crippen LogP) is 1.14. The minimum atomic E-state index is -1.37. The van der Waals surface area contributed by atoms with Gasteiger partial charge in [0, 0.05) is 24.5 Å². The molecule has 26 heavy (non-hydrogen) atoms. The number of carbonyl (C=O) groups excluding carboxylic acids is 2. The Morgan fingerprint density at radius 3 is 2.46 bits per heavy atom. The number of nitro benzene ring substituents is 1. The van der Waals surface area contributed by atoms with Gasteiger partial charge in [-0.05, 0) is 23.3 Å². The second-order valence-corrected chi connectivity index (χ2v) is 5.57. The predicted molar refractivity (Wildman–Crippen MR) is 90.3 cm³/mol. The molecule has 0 bridgehead atoms. The zero-order valence-corrected chi connectivity index (χ0v) is 14.0. The van der Waals surface area contributed by atoms with Gasteiger partial charge < -0.3 is 20.0 Å². The van der Waals surface area contributed by atoms with Crippen molar-refractivity contribution in [3.63, 3.8) is 0 Å². The first kappa shape index (κ1) is 18.9. The molecule has 0 saturated heterocycles. The van der Waals surface area contributed by atoms with E-state index in [-0.39, 0.29) is 12.1 Å². The molecule has 8 heteroatoms. The number of carboxylic acid groups (broad SMARTS) is 1. The number of nitro groups is 1. The van der Waals surface area contributed by atoms with Gasteiger partial charge in [0.2, 0.25) is 5.91 Å². The van der Waals surface area contributed by atoms with Crippen molar-refractivity contribution in [2.75, 3.05) is 7.11 Å². The van der Waals surface area contributed by atoms with Gasteiger partial charge >= 0.3 is 0 Å². The van der Waals surface area contributed by atoms with Gasteiger partial charge in [-0.1, -0.05) is 24.3 Å². The lowest BCUT2D eigenvalue weighted by atomic mass is 10.0. The van der Waals surface area contributed by atoms with Crippen LogP contribution in [0.5, 0.6) is 5.75 Å². The van der Waals surface area contributed by atoms with Crippen LogP contribution in [-0.4, -0.2) is 23.9 Å². The number of hydrogen-bond donors (Lipinski definition) is 1. The molecule has 0 radical (unpaired) electrons. The number of hydrogen-bond acceptors (Lipinski definition) is 6. The maximum atomic E-state index is 12.3. The molecule has 0 fully saturated rings. The summed E-state index contributed by atoms with van der Waals surface area (Å²) in [7, 11) is 1.53. The minimum absolute atomic E-state index is 0.0302. The van der Waals surface area contributed by atoms with Crippen molar-refractivity contribution in [3.8, 4) is 5.75 Å². The minimum Gasteiger partial charge on any atom is -0.550 e. The molecule has 0 aliphatic carbocycles. The summed E-state index contributed by atoms with van der Waals surface area (Å²) in [4.78, 5) is 33.6.